The van der Waals surface area contributed by atoms with Gasteiger partial charge in [0, 0.05) is 25.8 Å². The van der Waals surface area contributed by atoms with Crippen LogP contribution in [0.5, 0.6) is 0 Å². The van der Waals surface area contributed by atoms with Crippen LogP contribution in [0.4, 0.5) is 10.6 Å². The van der Waals surface area contributed by atoms with Crippen molar-refractivity contribution in [3.8, 4) is 0 Å². The molecule has 0 aromatic carbocycles. The smallest absolute Gasteiger partial charge is 0.323 e. The molecule has 1 N–H and O–H groups in total. The Hall–Kier alpha value is -1.62. The number of anilines is 1. The molecular weight excluding hydrogens is 264 g/mol. The quantitative estimate of drug-likeness (QED) is 0.863. The zero-order valence-electron chi connectivity index (χ0n) is 12.9. The summed E-state index contributed by atoms with van der Waals surface area (Å²) in [5, 5.41) is 2.91. The highest BCUT2D eigenvalue weighted by molar-refractivity contribution is 5.88. The Balaban J connectivity index is 1.56. The number of nitrogens with one attached hydrogen (secondary N) is 1. The van der Waals surface area contributed by atoms with Crippen LogP contribution in [0.15, 0.2) is 18.3 Å². The van der Waals surface area contributed by atoms with Crippen molar-refractivity contribution in [3.63, 3.8) is 0 Å². The lowest BCUT2D eigenvalue weighted by Gasteiger charge is -2.39. The van der Waals surface area contributed by atoms with Crippen molar-refractivity contribution in [2.75, 3.05) is 38.5 Å². The van der Waals surface area contributed by atoms with Gasteiger partial charge in [-0.1, -0.05) is 0 Å². The first-order valence-electron chi connectivity index (χ1n) is 7.74. The molecule has 0 unspecified atom stereocenters. The predicted octanol–water partition coefficient (Wildman–Crippen LogP) is 2.34. The number of hydrogen-bond acceptors (Lipinski definition) is 3. The fourth-order valence-electron chi connectivity index (χ4n) is 3.54. The van der Waals surface area contributed by atoms with Crippen molar-refractivity contribution in [2.45, 2.75) is 26.2 Å². The maximum absolute atomic E-state index is 12.3. The Kier molecular flexibility index (Phi) is 3.85. The van der Waals surface area contributed by atoms with E-state index in [1.54, 1.807) is 6.20 Å². The molecule has 0 atom stereocenters. The molecule has 2 amide bonds. The lowest BCUT2D eigenvalue weighted by Crippen LogP contribution is -2.45. The summed E-state index contributed by atoms with van der Waals surface area (Å²) >= 11 is 0. The molecule has 5 nitrogen and oxygen atoms in total. The van der Waals surface area contributed by atoms with Crippen LogP contribution in [0.3, 0.4) is 0 Å². The summed E-state index contributed by atoms with van der Waals surface area (Å²) in [5.74, 6) is 0.640. The van der Waals surface area contributed by atoms with Gasteiger partial charge in [-0.2, -0.15) is 0 Å². The van der Waals surface area contributed by atoms with Crippen molar-refractivity contribution in [2.24, 2.45) is 5.41 Å². The van der Waals surface area contributed by atoms with Gasteiger partial charge in [0.15, 0.2) is 0 Å². The van der Waals surface area contributed by atoms with Crippen LogP contribution in [0.2, 0.25) is 0 Å². The van der Waals surface area contributed by atoms with E-state index in [9.17, 15) is 4.79 Å². The molecule has 2 aliphatic rings. The molecule has 114 valence electrons. The second-order valence-corrected chi connectivity index (χ2v) is 6.62. The van der Waals surface area contributed by atoms with Crippen LogP contribution in [0, 0.1) is 12.3 Å². The van der Waals surface area contributed by atoms with Crippen LogP contribution in [0.25, 0.3) is 0 Å². The molecule has 1 aromatic heterocycles. The van der Waals surface area contributed by atoms with Crippen molar-refractivity contribution in [3.05, 3.63) is 23.9 Å². The van der Waals surface area contributed by atoms with E-state index in [0.717, 1.165) is 31.5 Å². The molecule has 3 heterocycles. The number of urea groups is 1. The minimum absolute atomic E-state index is 0.0192. The maximum Gasteiger partial charge on any atom is 0.323 e. The highest BCUT2D eigenvalue weighted by Crippen LogP contribution is 2.39. The van der Waals surface area contributed by atoms with Crippen molar-refractivity contribution >= 4 is 11.8 Å². The molecule has 0 aliphatic carbocycles. The van der Waals surface area contributed by atoms with Gasteiger partial charge in [0.1, 0.15) is 5.82 Å². The van der Waals surface area contributed by atoms with Gasteiger partial charge in [0.25, 0.3) is 0 Å². The van der Waals surface area contributed by atoms with Gasteiger partial charge in [0.2, 0.25) is 0 Å². The molecule has 21 heavy (non-hydrogen) atoms. The maximum atomic E-state index is 12.3. The van der Waals surface area contributed by atoms with Gasteiger partial charge >= 0.3 is 6.03 Å². The Bertz CT molecular complexity index is 523. The molecule has 3 rings (SSSR count). The highest BCUT2D eigenvalue weighted by Gasteiger charge is 2.40. The average molecular weight is 288 g/mol. The highest BCUT2D eigenvalue weighted by atomic mass is 16.2. The number of nitrogens with zero attached hydrogens (tertiary/aromatic N) is 3. The number of rotatable bonds is 1. The minimum atomic E-state index is -0.0192. The Labute approximate surface area is 126 Å². The summed E-state index contributed by atoms with van der Waals surface area (Å²) in [6.07, 6.45) is 5.24. The molecule has 0 radical (unpaired) electrons. The van der Waals surface area contributed by atoms with Crippen LogP contribution < -0.4 is 5.32 Å². The number of amides is 2. The summed E-state index contributed by atoms with van der Waals surface area (Å²) in [6, 6.07) is 3.81. The van der Waals surface area contributed by atoms with Crippen molar-refractivity contribution < 1.29 is 4.79 Å². The zero-order valence-corrected chi connectivity index (χ0v) is 12.9. The first-order valence-corrected chi connectivity index (χ1v) is 7.74. The van der Waals surface area contributed by atoms with E-state index >= 15 is 0 Å². The number of piperidine rings is 1. The molecule has 0 bridgehead atoms. The van der Waals surface area contributed by atoms with Gasteiger partial charge in [-0.25, -0.2) is 9.78 Å². The van der Waals surface area contributed by atoms with Gasteiger partial charge < -0.3 is 9.80 Å². The number of aryl methyl sites for hydroxylation is 1. The topological polar surface area (TPSA) is 48.5 Å². The largest absolute Gasteiger partial charge is 0.324 e. The SMILES string of the molecule is Cc1ccnc(NC(=O)N2CCC3(CCN(C)C3)CC2)c1. The zero-order chi connectivity index (χ0) is 14.9. The van der Waals surface area contributed by atoms with Crippen LogP contribution >= 0.6 is 0 Å². The second-order valence-electron chi connectivity index (χ2n) is 6.62. The first kappa shape index (κ1) is 14.3. The van der Waals surface area contributed by atoms with E-state index in [1.165, 1.54) is 19.5 Å². The third-order valence-corrected chi connectivity index (χ3v) is 4.89. The molecule has 2 fully saturated rings. The van der Waals surface area contributed by atoms with E-state index in [-0.39, 0.29) is 6.03 Å². The molecular formula is C16H24N4O. The second kappa shape index (κ2) is 5.64. The third kappa shape index (κ3) is 3.18. The van der Waals surface area contributed by atoms with Crippen LogP contribution in [-0.2, 0) is 0 Å². The lowest BCUT2D eigenvalue weighted by molar-refractivity contribution is 0.128. The van der Waals surface area contributed by atoms with Crippen molar-refractivity contribution in [1.82, 2.24) is 14.8 Å². The van der Waals surface area contributed by atoms with E-state index < -0.39 is 0 Å². The monoisotopic (exact) mass is 288 g/mol. The summed E-state index contributed by atoms with van der Waals surface area (Å²) in [5.41, 5.74) is 1.56. The van der Waals surface area contributed by atoms with Gasteiger partial charge in [0.05, 0.1) is 0 Å². The summed E-state index contributed by atoms with van der Waals surface area (Å²) in [7, 11) is 2.19. The van der Waals surface area contributed by atoms with E-state index in [4.69, 9.17) is 0 Å². The van der Waals surface area contributed by atoms with E-state index in [2.05, 4.69) is 22.2 Å². The Morgan fingerprint density at radius 3 is 2.62 bits per heavy atom. The summed E-state index contributed by atoms with van der Waals surface area (Å²) < 4.78 is 0. The molecule has 5 heteroatoms. The number of aromatic nitrogens is 1. The number of hydrogen-bond donors (Lipinski definition) is 1. The van der Waals surface area contributed by atoms with E-state index in [1.807, 2.05) is 24.0 Å². The number of likely N-dealkylation sites (tertiary alicyclic amines) is 2. The number of carbonyl (C=O) groups excluding carboxylic acids is 1. The lowest BCUT2D eigenvalue weighted by atomic mass is 9.78. The van der Waals surface area contributed by atoms with Gasteiger partial charge in [-0.05, 0) is 62.9 Å². The molecule has 0 saturated carbocycles. The van der Waals surface area contributed by atoms with Crippen LogP contribution in [0.1, 0.15) is 24.8 Å². The third-order valence-electron chi connectivity index (χ3n) is 4.89. The average Bonchev–Trinajstić information content (AvgIpc) is 2.80. The fraction of sp³-hybridized carbons (Fsp3) is 0.625. The number of carbonyl (C=O) groups is 1. The molecule has 1 spiro atoms. The summed E-state index contributed by atoms with van der Waals surface area (Å²) in [6.45, 7) is 6.08. The fourth-order valence-corrected chi connectivity index (χ4v) is 3.54. The van der Waals surface area contributed by atoms with Gasteiger partial charge in [-0.15, -0.1) is 0 Å². The molecule has 1 aromatic rings. The normalized spacial score (nSPS) is 21.7. The first-order chi connectivity index (χ1) is 10.1. The molecule has 2 saturated heterocycles. The molecule has 2 aliphatic heterocycles. The number of pyridine rings is 1. The van der Waals surface area contributed by atoms with E-state index in [0.29, 0.717) is 11.2 Å². The van der Waals surface area contributed by atoms with Gasteiger partial charge in [-0.3, -0.25) is 5.32 Å². The Morgan fingerprint density at radius 2 is 2.00 bits per heavy atom. The van der Waals surface area contributed by atoms with Crippen LogP contribution in [-0.4, -0.2) is 54.0 Å². The summed E-state index contributed by atoms with van der Waals surface area (Å²) in [4.78, 5) is 20.8. The predicted molar refractivity (Wildman–Crippen MR) is 83.3 cm³/mol. The Morgan fingerprint density at radius 1 is 1.29 bits per heavy atom. The minimum Gasteiger partial charge on any atom is -0.324 e. The standard InChI is InChI=1S/C16H24N4O/c1-13-3-7-17-14(11-13)18-15(21)20-9-5-16(6-10-20)4-8-19(2)12-16/h3,7,11H,4-6,8-10,12H2,1-2H3,(H,17,18,21). The van der Waals surface area contributed by atoms with Crippen molar-refractivity contribution in [1.29, 1.82) is 0 Å².